The SMILES string of the molecule is C#Cc1cc(C)cc(Oc2ccc(Oc3ccc(C(=O)c4ccc(C)cc4)cc3)c(S(=O)(=O)O)c2)c1. The van der Waals surface area contributed by atoms with E-state index in [1.54, 1.807) is 48.5 Å². The summed E-state index contributed by atoms with van der Waals surface area (Å²) in [7, 11) is -4.64. The first-order valence-electron chi connectivity index (χ1n) is 10.9. The second-order valence-electron chi connectivity index (χ2n) is 8.19. The Morgan fingerprint density at radius 2 is 1.36 bits per heavy atom. The molecule has 0 aromatic heterocycles. The van der Waals surface area contributed by atoms with E-state index in [-0.39, 0.29) is 23.0 Å². The van der Waals surface area contributed by atoms with Crippen molar-refractivity contribution in [2.45, 2.75) is 18.7 Å². The van der Waals surface area contributed by atoms with Crippen LogP contribution in [0.15, 0.2) is 89.8 Å². The van der Waals surface area contributed by atoms with Gasteiger partial charge in [-0.2, -0.15) is 8.42 Å². The number of carbonyl (C=O) groups excluding carboxylic acids is 1. The molecule has 4 aromatic carbocycles. The highest BCUT2D eigenvalue weighted by molar-refractivity contribution is 7.86. The first kappa shape index (κ1) is 24.7. The summed E-state index contributed by atoms with van der Waals surface area (Å²) < 4.78 is 45.4. The predicted molar refractivity (Wildman–Crippen MR) is 137 cm³/mol. The quantitative estimate of drug-likeness (QED) is 0.181. The number of ketones is 1. The Labute approximate surface area is 209 Å². The Kier molecular flexibility index (Phi) is 6.93. The first-order valence-corrected chi connectivity index (χ1v) is 12.3. The summed E-state index contributed by atoms with van der Waals surface area (Å²) in [6, 6.07) is 22.8. The van der Waals surface area contributed by atoms with Crippen molar-refractivity contribution in [3.05, 3.63) is 113 Å². The number of carbonyl (C=O) groups is 1. The Morgan fingerprint density at radius 1 is 0.750 bits per heavy atom. The molecule has 0 saturated heterocycles. The molecule has 0 aliphatic carbocycles. The van der Waals surface area contributed by atoms with Gasteiger partial charge in [0.15, 0.2) is 5.78 Å². The summed E-state index contributed by atoms with van der Waals surface area (Å²) in [5.74, 6) is 3.16. The van der Waals surface area contributed by atoms with Gasteiger partial charge in [-0.05, 0) is 74.0 Å². The maximum absolute atomic E-state index is 12.7. The fourth-order valence-corrected chi connectivity index (χ4v) is 4.17. The van der Waals surface area contributed by atoms with Gasteiger partial charge >= 0.3 is 0 Å². The third kappa shape index (κ3) is 5.81. The molecule has 0 radical (unpaired) electrons. The van der Waals surface area contributed by atoms with Gasteiger partial charge < -0.3 is 9.47 Å². The highest BCUT2D eigenvalue weighted by Gasteiger charge is 2.20. The molecule has 0 fully saturated rings. The Bertz CT molecular complexity index is 1580. The summed E-state index contributed by atoms with van der Waals surface area (Å²) >= 11 is 0. The molecule has 180 valence electrons. The van der Waals surface area contributed by atoms with Gasteiger partial charge in [0, 0.05) is 22.8 Å². The molecular weight excluding hydrogens is 476 g/mol. The maximum Gasteiger partial charge on any atom is 0.298 e. The average Bonchev–Trinajstić information content (AvgIpc) is 2.84. The van der Waals surface area contributed by atoms with Crippen molar-refractivity contribution in [1.29, 1.82) is 0 Å². The molecule has 4 rings (SSSR count). The molecule has 0 heterocycles. The minimum absolute atomic E-state index is 0.101. The third-order valence-electron chi connectivity index (χ3n) is 5.30. The first-order chi connectivity index (χ1) is 17.1. The van der Waals surface area contributed by atoms with Crippen LogP contribution in [0.4, 0.5) is 0 Å². The third-order valence-corrected chi connectivity index (χ3v) is 6.18. The van der Waals surface area contributed by atoms with Gasteiger partial charge in [-0.15, -0.1) is 6.42 Å². The van der Waals surface area contributed by atoms with Gasteiger partial charge in [-0.25, -0.2) is 0 Å². The lowest BCUT2D eigenvalue weighted by Crippen LogP contribution is -2.03. The second-order valence-corrected chi connectivity index (χ2v) is 9.58. The van der Waals surface area contributed by atoms with Crippen molar-refractivity contribution >= 4 is 15.9 Å². The molecule has 0 aliphatic heterocycles. The van der Waals surface area contributed by atoms with Crippen LogP contribution >= 0.6 is 0 Å². The molecule has 0 unspecified atom stereocenters. The number of rotatable bonds is 7. The van der Waals surface area contributed by atoms with E-state index in [0.29, 0.717) is 22.4 Å². The molecule has 4 aromatic rings. The van der Waals surface area contributed by atoms with E-state index in [1.807, 2.05) is 32.0 Å². The van der Waals surface area contributed by atoms with Gasteiger partial charge in [0.25, 0.3) is 10.1 Å². The van der Waals surface area contributed by atoms with E-state index in [4.69, 9.17) is 15.9 Å². The smallest absolute Gasteiger partial charge is 0.298 e. The monoisotopic (exact) mass is 498 g/mol. The Hall–Kier alpha value is -4.38. The van der Waals surface area contributed by atoms with Gasteiger partial charge in [0.05, 0.1) is 0 Å². The number of hydrogen-bond acceptors (Lipinski definition) is 5. The van der Waals surface area contributed by atoms with Gasteiger partial charge in [0.1, 0.15) is 27.9 Å². The van der Waals surface area contributed by atoms with Crippen LogP contribution in [0.5, 0.6) is 23.0 Å². The number of aryl methyl sites for hydroxylation is 2. The minimum Gasteiger partial charge on any atom is -0.457 e. The lowest BCUT2D eigenvalue weighted by molar-refractivity contribution is 0.103. The summed E-state index contributed by atoms with van der Waals surface area (Å²) in [6.45, 7) is 3.80. The van der Waals surface area contributed by atoms with Crippen molar-refractivity contribution in [3.8, 4) is 35.3 Å². The summed E-state index contributed by atoms with van der Waals surface area (Å²) in [4.78, 5) is 12.2. The maximum atomic E-state index is 12.7. The van der Waals surface area contributed by atoms with Crippen molar-refractivity contribution in [2.75, 3.05) is 0 Å². The van der Waals surface area contributed by atoms with E-state index in [0.717, 1.165) is 17.2 Å². The van der Waals surface area contributed by atoms with Gasteiger partial charge in [0.2, 0.25) is 0 Å². The molecule has 36 heavy (non-hydrogen) atoms. The van der Waals surface area contributed by atoms with Crippen molar-refractivity contribution in [3.63, 3.8) is 0 Å². The number of hydrogen-bond donors (Lipinski definition) is 1. The van der Waals surface area contributed by atoms with Crippen LogP contribution in [0, 0.1) is 26.2 Å². The number of ether oxygens (including phenoxy) is 2. The minimum atomic E-state index is -4.64. The van der Waals surface area contributed by atoms with Crippen molar-refractivity contribution < 1.29 is 27.2 Å². The van der Waals surface area contributed by atoms with E-state index in [2.05, 4.69) is 5.92 Å². The van der Waals surface area contributed by atoms with Crippen molar-refractivity contribution in [2.24, 2.45) is 0 Å². The van der Waals surface area contributed by atoms with Crippen LogP contribution in [0.1, 0.15) is 32.6 Å². The van der Waals surface area contributed by atoms with Crippen LogP contribution < -0.4 is 9.47 Å². The average molecular weight is 499 g/mol. The standard InChI is InChI=1S/C29H22O6S/c1-4-21-15-20(3)16-26(17-21)34-25-13-14-27(28(18-25)36(31,32)33)35-24-11-9-23(10-12-24)29(30)22-7-5-19(2)6-8-22/h1,5-18H,2-3H3,(H,31,32,33). The second kappa shape index (κ2) is 10.1. The molecule has 0 atom stereocenters. The summed E-state index contributed by atoms with van der Waals surface area (Å²) in [6.07, 6.45) is 5.46. The normalized spacial score (nSPS) is 10.9. The van der Waals surface area contributed by atoms with Crippen molar-refractivity contribution in [1.82, 2.24) is 0 Å². The Morgan fingerprint density at radius 3 is 1.97 bits per heavy atom. The molecule has 0 saturated carbocycles. The highest BCUT2D eigenvalue weighted by atomic mass is 32.2. The molecule has 0 amide bonds. The molecular formula is C29H22O6S. The van der Waals surface area contributed by atoms with Crippen LogP contribution in [-0.2, 0) is 10.1 Å². The zero-order valence-corrected chi connectivity index (χ0v) is 20.4. The zero-order chi connectivity index (χ0) is 25.9. The fourth-order valence-electron chi connectivity index (χ4n) is 3.54. The van der Waals surface area contributed by atoms with Crippen LogP contribution in [0.2, 0.25) is 0 Å². The van der Waals surface area contributed by atoms with Gasteiger partial charge in [-0.3, -0.25) is 9.35 Å². The molecule has 0 bridgehead atoms. The highest BCUT2D eigenvalue weighted by Crippen LogP contribution is 2.34. The number of terminal acetylenes is 1. The topological polar surface area (TPSA) is 89.9 Å². The van der Waals surface area contributed by atoms with Crippen LogP contribution in [0.25, 0.3) is 0 Å². The van der Waals surface area contributed by atoms with Crippen LogP contribution in [0.3, 0.4) is 0 Å². The van der Waals surface area contributed by atoms with Gasteiger partial charge in [-0.1, -0.05) is 35.7 Å². The van der Waals surface area contributed by atoms with Crippen LogP contribution in [-0.4, -0.2) is 18.8 Å². The van der Waals surface area contributed by atoms with E-state index < -0.39 is 15.0 Å². The summed E-state index contributed by atoms with van der Waals surface area (Å²) in [5.41, 5.74) is 3.55. The predicted octanol–water partition coefficient (Wildman–Crippen LogP) is 6.35. The molecule has 0 spiro atoms. The lowest BCUT2D eigenvalue weighted by atomic mass is 10.0. The largest absolute Gasteiger partial charge is 0.457 e. The van der Waals surface area contributed by atoms with E-state index in [1.165, 1.54) is 12.1 Å². The van der Waals surface area contributed by atoms with E-state index >= 15 is 0 Å². The number of benzene rings is 4. The molecule has 0 aliphatic rings. The lowest BCUT2D eigenvalue weighted by Gasteiger charge is -2.13. The molecule has 7 heteroatoms. The fraction of sp³-hybridized carbons (Fsp3) is 0.0690. The zero-order valence-electron chi connectivity index (χ0n) is 19.6. The Balaban J connectivity index is 1.58. The molecule has 6 nitrogen and oxygen atoms in total. The summed E-state index contributed by atoms with van der Waals surface area (Å²) in [5, 5.41) is 0. The molecule has 1 N–H and O–H groups in total. The van der Waals surface area contributed by atoms with E-state index in [9.17, 15) is 17.8 Å².